The second-order valence-corrected chi connectivity index (χ2v) is 4.65. The third-order valence-corrected chi connectivity index (χ3v) is 2.58. The van der Waals surface area contributed by atoms with Gasteiger partial charge >= 0.3 is 0 Å². The van der Waals surface area contributed by atoms with Crippen molar-refractivity contribution in [2.45, 2.75) is 19.4 Å². The van der Waals surface area contributed by atoms with Crippen molar-refractivity contribution in [3.8, 4) is 0 Å². The van der Waals surface area contributed by atoms with Crippen molar-refractivity contribution < 1.29 is 4.21 Å². The van der Waals surface area contributed by atoms with E-state index in [1.54, 1.807) is 13.3 Å². The fourth-order valence-corrected chi connectivity index (χ4v) is 1.60. The molecule has 0 aromatic heterocycles. The van der Waals surface area contributed by atoms with Gasteiger partial charge in [0.1, 0.15) is 0 Å². The van der Waals surface area contributed by atoms with E-state index in [-0.39, 0.29) is 6.04 Å². The van der Waals surface area contributed by atoms with E-state index >= 15 is 0 Å². The van der Waals surface area contributed by atoms with Gasteiger partial charge in [-0.15, -0.1) is 0 Å². The van der Waals surface area contributed by atoms with Gasteiger partial charge in [0, 0.05) is 35.9 Å². The Labute approximate surface area is 81.8 Å². The van der Waals surface area contributed by atoms with Crippen LogP contribution in [-0.2, 0) is 10.8 Å². The molecule has 0 rings (SSSR count). The molecule has 12 heavy (non-hydrogen) atoms. The van der Waals surface area contributed by atoms with Crippen LogP contribution in [-0.4, -0.2) is 34.4 Å². The summed E-state index contributed by atoms with van der Waals surface area (Å²) in [5, 5.41) is 6.54. The SMILES string of the molecule is CNC(=S)NC(C)CCS(C)=O. The number of hydrogen-bond donors (Lipinski definition) is 2. The molecule has 0 heterocycles. The summed E-state index contributed by atoms with van der Waals surface area (Å²) < 4.78 is 10.7. The third kappa shape index (κ3) is 6.54. The van der Waals surface area contributed by atoms with Crippen molar-refractivity contribution in [2.75, 3.05) is 19.1 Å². The monoisotopic (exact) mass is 208 g/mol. The summed E-state index contributed by atoms with van der Waals surface area (Å²) in [7, 11) is 1.07. The van der Waals surface area contributed by atoms with Crippen LogP contribution in [0.15, 0.2) is 0 Å². The molecule has 0 aliphatic heterocycles. The highest BCUT2D eigenvalue weighted by Crippen LogP contribution is 1.91. The maximum absolute atomic E-state index is 10.7. The Bertz CT molecular complexity index is 173. The van der Waals surface area contributed by atoms with Gasteiger partial charge in [-0.05, 0) is 25.6 Å². The lowest BCUT2D eigenvalue weighted by Gasteiger charge is -2.14. The zero-order valence-electron chi connectivity index (χ0n) is 7.72. The summed E-state index contributed by atoms with van der Waals surface area (Å²) in [5.41, 5.74) is 0. The van der Waals surface area contributed by atoms with Gasteiger partial charge in [0.25, 0.3) is 0 Å². The molecule has 72 valence electrons. The van der Waals surface area contributed by atoms with Crippen LogP contribution in [0.5, 0.6) is 0 Å². The van der Waals surface area contributed by atoms with Crippen molar-refractivity contribution in [2.24, 2.45) is 0 Å². The first-order valence-corrected chi connectivity index (χ1v) is 5.98. The molecule has 0 amide bonds. The van der Waals surface area contributed by atoms with Crippen LogP contribution in [0, 0.1) is 0 Å². The lowest BCUT2D eigenvalue weighted by Crippen LogP contribution is -2.39. The second kappa shape index (κ2) is 6.37. The van der Waals surface area contributed by atoms with Crippen LogP contribution < -0.4 is 10.6 Å². The molecule has 0 saturated carbocycles. The Balaban J connectivity index is 3.52. The first kappa shape index (κ1) is 11.8. The molecule has 0 bridgehead atoms. The van der Waals surface area contributed by atoms with Gasteiger partial charge in [0.2, 0.25) is 0 Å². The van der Waals surface area contributed by atoms with Crippen LogP contribution in [0.25, 0.3) is 0 Å². The number of hydrogen-bond acceptors (Lipinski definition) is 2. The van der Waals surface area contributed by atoms with Crippen molar-refractivity contribution in [1.29, 1.82) is 0 Å². The first-order chi connectivity index (χ1) is 5.56. The highest BCUT2D eigenvalue weighted by molar-refractivity contribution is 7.84. The van der Waals surface area contributed by atoms with E-state index in [1.807, 2.05) is 6.92 Å². The molecular weight excluding hydrogens is 192 g/mol. The minimum Gasteiger partial charge on any atom is -0.366 e. The van der Waals surface area contributed by atoms with Crippen molar-refractivity contribution >= 4 is 28.1 Å². The molecular formula is C7H16N2OS2. The first-order valence-electron chi connectivity index (χ1n) is 3.84. The Morgan fingerprint density at radius 3 is 2.67 bits per heavy atom. The normalized spacial score (nSPS) is 14.9. The van der Waals surface area contributed by atoms with Crippen molar-refractivity contribution in [3.63, 3.8) is 0 Å². The zero-order chi connectivity index (χ0) is 9.56. The summed E-state index contributed by atoms with van der Waals surface area (Å²) in [6, 6.07) is 0.286. The topological polar surface area (TPSA) is 41.1 Å². The number of nitrogens with one attached hydrogen (secondary N) is 2. The second-order valence-electron chi connectivity index (χ2n) is 2.69. The van der Waals surface area contributed by atoms with Crippen LogP contribution >= 0.6 is 12.2 Å². The van der Waals surface area contributed by atoms with E-state index in [1.165, 1.54) is 0 Å². The van der Waals surface area contributed by atoms with E-state index in [2.05, 4.69) is 10.6 Å². The minimum absolute atomic E-state index is 0.286. The standard InChI is InChI=1S/C7H16N2OS2/c1-6(4-5-12(3)10)9-7(11)8-2/h6H,4-5H2,1-3H3,(H2,8,9,11). The molecule has 0 aromatic carbocycles. The van der Waals surface area contributed by atoms with Gasteiger partial charge < -0.3 is 10.6 Å². The molecule has 0 aliphatic carbocycles. The fourth-order valence-electron chi connectivity index (χ4n) is 0.711. The molecule has 2 N–H and O–H groups in total. The Morgan fingerprint density at radius 2 is 2.25 bits per heavy atom. The van der Waals surface area contributed by atoms with Crippen LogP contribution in [0.3, 0.4) is 0 Å². The summed E-state index contributed by atoms with van der Waals surface area (Å²) in [6.45, 7) is 2.02. The average molecular weight is 208 g/mol. The quantitative estimate of drug-likeness (QED) is 0.649. The van der Waals surface area contributed by atoms with Crippen LogP contribution in [0.2, 0.25) is 0 Å². The molecule has 3 nitrogen and oxygen atoms in total. The smallest absolute Gasteiger partial charge is 0.166 e. The zero-order valence-corrected chi connectivity index (χ0v) is 9.35. The van der Waals surface area contributed by atoms with E-state index < -0.39 is 10.8 Å². The van der Waals surface area contributed by atoms with E-state index in [0.29, 0.717) is 5.11 Å². The van der Waals surface area contributed by atoms with Crippen LogP contribution in [0.1, 0.15) is 13.3 Å². The molecule has 0 spiro atoms. The van der Waals surface area contributed by atoms with Gasteiger partial charge in [-0.2, -0.15) is 0 Å². The maximum Gasteiger partial charge on any atom is 0.166 e. The Morgan fingerprint density at radius 1 is 1.67 bits per heavy atom. The maximum atomic E-state index is 10.7. The third-order valence-electron chi connectivity index (χ3n) is 1.44. The lowest BCUT2D eigenvalue weighted by molar-refractivity contribution is 0.631. The van der Waals surface area contributed by atoms with Crippen molar-refractivity contribution in [3.05, 3.63) is 0 Å². The predicted molar refractivity (Wildman–Crippen MR) is 57.8 cm³/mol. The molecule has 0 radical (unpaired) electrons. The molecule has 5 heteroatoms. The minimum atomic E-state index is -0.707. The van der Waals surface area contributed by atoms with Gasteiger partial charge in [-0.25, -0.2) is 0 Å². The molecule has 0 aliphatic rings. The van der Waals surface area contributed by atoms with Crippen LogP contribution in [0.4, 0.5) is 0 Å². The molecule has 2 unspecified atom stereocenters. The van der Waals surface area contributed by atoms with E-state index in [0.717, 1.165) is 12.2 Å². The molecule has 0 fully saturated rings. The summed E-state index contributed by atoms with van der Waals surface area (Å²) in [5.74, 6) is 0.723. The Hall–Kier alpha value is -0.160. The van der Waals surface area contributed by atoms with E-state index in [4.69, 9.17) is 12.2 Å². The van der Waals surface area contributed by atoms with Gasteiger partial charge in [0.05, 0.1) is 0 Å². The summed E-state index contributed by atoms with van der Waals surface area (Å²) in [4.78, 5) is 0. The summed E-state index contributed by atoms with van der Waals surface area (Å²) >= 11 is 4.91. The number of thiocarbonyl (C=S) groups is 1. The lowest BCUT2D eigenvalue weighted by atomic mass is 10.3. The predicted octanol–water partition coefficient (Wildman–Crippen LogP) is 0.237. The highest BCUT2D eigenvalue weighted by atomic mass is 32.2. The van der Waals surface area contributed by atoms with Gasteiger partial charge in [-0.1, -0.05) is 0 Å². The molecule has 0 aromatic rings. The molecule has 0 saturated heterocycles. The highest BCUT2D eigenvalue weighted by Gasteiger charge is 2.03. The Kier molecular flexibility index (Phi) is 6.28. The van der Waals surface area contributed by atoms with E-state index in [9.17, 15) is 4.21 Å². The molecule has 2 atom stereocenters. The average Bonchev–Trinajstić information content (AvgIpc) is 2.00. The largest absolute Gasteiger partial charge is 0.366 e. The fraction of sp³-hybridized carbons (Fsp3) is 0.857. The van der Waals surface area contributed by atoms with Crippen molar-refractivity contribution in [1.82, 2.24) is 10.6 Å². The van der Waals surface area contributed by atoms with Gasteiger partial charge in [-0.3, -0.25) is 4.21 Å². The summed E-state index contributed by atoms with van der Waals surface area (Å²) in [6.07, 6.45) is 2.59. The number of rotatable bonds is 4. The van der Waals surface area contributed by atoms with Gasteiger partial charge in [0.15, 0.2) is 5.11 Å².